The van der Waals surface area contributed by atoms with E-state index in [1.807, 2.05) is 36.6 Å². The Bertz CT molecular complexity index is 1310. The molecule has 2 heterocycles. The van der Waals surface area contributed by atoms with E-state index in [2.05, 4.69) is 10.1 Å². The lowest BCUT2D eigenvalue weighted by Gasteiger charge is -2.09. The highest BCUT2D eigenvalue weighted by atomic mass is 32.1. The van der Waals surface area contributed by atoms with Gasteiger partial charge in [0.25, 0.3) is 5.56 Å². The molecule has 4 rings (SSSR count). The largest absolute Gasteiger partial charge is 0.546 e. The topological polar surface area (TPSA) is 96.6 Å². The van der Waals surface area contributed by atoms with E-state index in [0.717, 1.165) is 21.4 Å². The van der Waals surface area contributed by atoms with Crippen molar-refractivity contribution in [1.82, 2.24) is 9.66 Å². The molecule has 4 aromatic rings. The normalized spacial score (nSPS) is 11.2. The number of aromatic nitrogens is 2. The monoisotopic (exact) mass is 418 g/mol. The van der Waals surface area contributed by atoms with Crippen molar-refractivity contribution in [3.8, 4) is 16.9 Å². The molecule has 0 fully saturated rings. The van der Waals surface area contributed by atoms with E-state index >= 15 is 0 Å². The maximum atomic E-state index is 13.1. The van der Waals surface area contributed by atoms with E-state index in [-0.39, 0.29) is 5.56 Å². The van der Waals surface area contributed by atoms with Gasteiger partial charge in [-0.1, -0.05) is 42.0 Å². The molecule has 8 heteroatoms. The summed E-state index contributed by atoms with van der Waals surface area (Å²) in [6.07, 6.45) is 2.79. The number of para-hydroxylation sites is 1. The highest BCUT2D eigenvalue weighted by molar-refractivity contribution is 7.17. The van der Waals surface area contributed by atoms with Crippen LogP contribution in [0.2, 0.25) is 0 Å². The summed E-state index contributed by atoms with van der Waals surface area (Å²) < 4.78 is 6.36. The van der Waals surface area contributed by atoms with Crippen molar-refractivity contribution in [2.24, 2.45) is 5.10 Å². The summed E-state index contributed by atoms with van der Waals surface area (Å²) in [6.45, 7) is 1.43. The molecule has 0 saturated carbocycles. The van der Waals surface area contributed by atoms with Crippen LogP contribution in [0.5, 0.6) is 5.75 Å². The number of fused-ring (bicyclic) bond motifs is 1. The summed E-state index contributed by atoms with van der Waals surface area (Å²) in [5, 5.41) is 17.3. The van der Waals surface area contributed by atoms with Crippen molar-refractivity contribution in [3.63, 3.8) is 0 Å². The third-order valence-electron chi connectivity index (χ3n) is 4.43. The Morgan fingerprint density at radius 1 is 1.23 bits per heavy atom. The summed E-state index contributed by atoms with van der Waals surface area (Å²) in [6, 6.07) is 14.7. The molecule has 0 bridgehead atoms. The van der Waals surface area contributed by atoms with Crippen LogP contribution in [0, 0.1) is 6.92 Å². The average Bonchev–Trinajstić information content (AvgIpc) is 3.18. The fraction of sp³-hybridized carbons (Fsp3) is 0.0909. The first-order valence-electron chi connectivity index (χ1n) is 9.05. The zero-order valence-corrected chi connectivity index (χ0v) is 16.8. The quantitative estimate of drug-likeness (QED) is 0.448. The minimum Gasteiger partial charge on any atom is -0.546 e. The Balaban J connectivity index is 1.72. The average molecular weight is 418 g/mol. The van der Waals surface area contributed by atoms with E-state index in [1.54, 1.807) is 24.3 Å². The molecular formula is C22H16N3O4S-. The molecule has 0 spiro atoms. The Kier molecular flexibility index (Phi) is 5.40. The van der Waals surface area contributed by atoms with Crippen LogP contribution in [0.15, 0.2) is 70.1 Å². The van der Waals surface area contributed by atoms with Crippen LogP contribution < -0.4 is 15.4 Å². The van der Waals surface area contributed by atoms with Crippen LogP contribution in [-0.4, -0.2) is 28.5 Å². The molecule has 0 aliphatic carbocycles. The van der Waals surface area contributed by atoms with Gasteiger partial charge in [-0.3, -0.25) is 4.79 Å². The van der Waals surface area contributed by atoms with Gasteiger partial charge in [0.05, 0.1) is 17.6 Å². The summed E-state index contributed by atoms with van der Waals surface area (Å²) in [7, 11) is 0. The molecule has 0 aliphatic heterocycles. The van der Waals surface area contributed by atoms with Crippen LogP contribution >= 0.6 is 11.3 Å². The molecule has 30 heavy (non-hydrogen) atoms. The van der Waals surface area contributed by atoms with E-state index in [9.17, 15) is 14.7 Å². The number of carbonyl (C=O) groups excluding carboxylic acids is 1. The van der Waals surface area contributed by atoms with Crippen molar-refractivity contribution in [2.75, 3.05) is 6.61 Å². The van der Waals surface area contributed by atoms with E-state index in [0.29, 0.717) is 21.5 Å². The number of hydrogen-bond acceptors (Lipinski definition) is 7. The summed E-state index contributed by atoms with van der Waals surface area (Å²) in [5.74, 6) is -1.00. The van der Waals surface area contributed by atoms with E-state index < -0.39 is 12.6 Å². The number of aryl methyl sites for hydroxylation is 1. The van der Waals surface area contributed by atoms with Crippen LogP contribution in [0.25, 0.3) is 21.3 Å². The van der Waals surface area contributed by atoms with Crippen LogP contribution in [0.1, 0.15) is 11.1 Å². The van der Waals surface area contributed by atoms with Gasteiger partial charge in [0.15, 0.2) is 0 Å². The van der Waals surface area contributed by atoms with Crippen LogP contribution in [0.3, 0.4) is 0 Å². The minimum absolute atomic E-state index is 0.291. The van der Waals surface area contributed by atoms with Gasteiger partial charge >= 0.3 is 0 Å². The Morgan fingerprint density at radius 2 is 2.00 bits per heavy atom. The third-order valence-corrected chi connectivity index (χ3v) is 5.31. The first-order chi connectivity index (χ1) is 14.5. The lowest BCUT2D eigenvalue weighted by atomic mass is 10.1. The number of benzene rings is 2. The number of rotatable bonds is 6. The number of carbonyl (C=O) groups is 1. The van der Waals surface area contributed by atoms with Crippen molar-refractivity contribution in [3.05, 3.63) is 81.7 Å². The van der Waals surface area contributed by atoms with Crippen molar-refractivity contribution in [1.29, 1.82) is 0 Å². The van der Waals surface area contributed by atoms with Crippen molar-refractivity contribution >= 4 is 33.7 Å². The molecule has 0 N–H and O–H groups in total. The van der Waals surface area contributed by atoms with Gasteiger partial charge in [0, 0.05) is 16.5 Å². The minimum atomic E-state index is -1.33. The molecule has 0 radical (unpaired) electrons. The Morgan fingerprint density at radius 3 is 2.77 bits per heavy atom. The first-order valence-corrected chi connectivity index (χ1v) is 9.93. The van der Waals surface area contributed by atoms with E-state index in [4.69, 9.17) is 4.74 Å². The number of aliphatic carboxylic acids is 1. The van der Waals surface area contributed by atoms with Gasteiger partial charge < -0.3 is 14.6 Å². The number of nitrogens with zero attached hydrogens (tertiary/aromatic N) is 3. The standard InChI is InChI=1S/C22H17N3O4S/c1-14-6-8-15(9-7-14)17-12-30-21-20(17)22(28)25(13-23-21)24-10-16-4-2-3-5-18(16)29-11-19(26)27/h2-10,12-13H,11H2,1H3,(H,26,27)/p-1/b24-10-. The highest BCUT2D eigenvalue weighted by Crippen LogP contribution is 2.30. The van der Waals surface area contributed by atoms with Gasteiger partial charge in [0.2, 0.25) is 0 Å². The first kappa shape index (κ1) is 19.5. The molecule has 0 unspecified atom stereocenters. The molecular weight excluding hydrogens is 402 g/mol. The Labute approximate surface area is 175 Å². The maximum Gasteiger partial charge on any atom is 0.283 e. The Hall–Kier alpha value is -3.78. The third kappa shape index (κ3) is 3.99. The highest BCUT2D eigenvalue weighted by Gasteiger charge is 2.13. The number of carboxylic acids is 1. The zero-order valence-electron chi connectivity index (χ0n) is 15.9. The van der Waals surface area contributed by atoms with Gasteiger partial charge in [-0.2, -0.15) is 9.78 Å². The van der Waals surface area contributed by atoms with Crippen LogP contribution in [0.4, 0.5) is 0 Å². The van der Waals surface area contributed by atoms with Crippen LogP contribution in [-0.2, 0) is 4.79 Å². The molecule has 2 aromatic carbocycles. The second-order valence-electron chi connectivity index (χ2n) is 6.53. The summed E-state index contributed by atoms with van der Waals surface area (Å²) in [5.41, 5.74) is 3.12. The molecule has 0 atom stereocenters. The number of ether oxygens (including phenoxy) is 1. The molecule has 0 saturated heterocycles. The van der Waals surface area contributed by atoms with Crippen molar-refractivity contribution in [2.45, 2.75) is 6.92 Å². The molecule has 0 aliphatic rings. The van der Waals surface area contributed by atoms with Gasteiger partial charge in [0.1, 0.15) is 23.5 Å². The van der Waals surface area contributed by atoms with Gasteiger partial charge in [-0.25, -0.2) is 4.98 Å². The lowest BCUT2D eigenvalue weighted by Crippen LogP contribution is -2.29. The smallest absolute Gasteiger partial charge is 0.283 e. The molecule has 7 nitrogen and oxygen atoms in total. The maximum absolute atomic E-state index is 13.1. The predicted molar refractivity (Wildman–Crippen MR) is 114 cm³/mol. The lowest BCUT2D eigenvalue weighted by molar-refractivity contribution is -0.307. The van der Waals surface area contributed by atoms with Gasteiger partial charge in [-0.05, 0) is 24.6 Å². The number of thiophene rings is 1. The molecule has 150 valence electrons. The van der Waals surface area contributed by atoms with E-state index in [1.165, 1.54) is 23.9 Å². The van der Waals surface area contributed by atoms with Gasteiger partial charge in [-0.15, -0.1) is 11.3 Å². The summed E-state index contributed by atoms with van der Waals surface area (Å²) >= 11 is 1.40. The molecule has 0 amide bonds. The van der Waals surface area contributed by atoms with Crippen molar-refractivity contribution < 1.29 is 14.6 Å². The number of carboxylic acid groups (broad SMARTS) is 1. The summed E-state index contributed by atoms with van der Waals surface area (Å²) in [4.78, 5) is 28.7. The second-order valence-corrected chi connectivity index (χ2v) is 7.39. The fourth-order valence-electron chi connectivity index (χ4n) is 2.93. The predicted octanol–water partition coefficient (Wildman–Crippen LogP) is 2.44. The second kappa shape index (κ2) is 8.30. The fourth-order valence-corrected chi connectivity index (χ4v) is 3.84. The molecule has 2 aromatic heterocycles. The SMILES string of the molecule is Cc1ccc(-c2csc3ncn(/N=C\c4ccccc4OCC(=O)[O-])c(=O)c23)cc1. The zero-order chi connectivity index (χ0) is 21.1. The number of hydrogen-bond donors (Lipinski definition) is 0.